The number of aromatic amines is 1. The Bertz CT molecular complexity index is 928. The van der Waals surface area contributed by atoms with E-state index in [1.807, 2.05) is 48.5 Å². The van der Waals surface area contributed by atoms with Gasteiger partial charge >= 0.3 is 5.97 Å². The highest BCUT2D eigenvalue weighted by Crippen LogP contribution is 2.39. The van der Waals surface area contributed by atoms with Crippen LogP contribution in [0.25, 0.3) is 10.9 Å². The first-order valence-electron chi connectivity index (χ1n) is 7.14. The maximum atomic E-state index is 12.5. The second-order valence-electron chi connectivity index (χ2n) is 5.38. The van der Waals surface area contributed by atoms with Gasteiger partial charge in [-0.3, -0.25) is 9.59 Å². The number of hydrogen-bond acceptors (Lipinski definition) is 3. The molecule has 22 heavy (non-hydrogen) atoms. The van der Waals surface area contributed by atoms with Crippen LogP contribution < -0.4 is 10.3 Å². The number of benzene rings is 2. The minimum atomic E-state index is -0.308. The SMILES string of the molecule is O=C1C[C@H](c2ccccc2)c2c(c3ccccc3[nH]c2=O)O1. The number of esters is 1. The number of aromatic nitrogens is 1. The molecule has 3 aromatic rings. The first-order valence-corrected chi connectivity index (χ1v) is 7.14. The Balaban J connectivity index is 2.04. The standard InChI is InChI=1S/C18H13NO3/c20-15-10-13(11-6-2-1-3-7-11)16-17(22-15)12-8-4-5-9-14(12)19-18(16)21/h1-9,13H,10H2,(H,19,21)/t13-/m1/s1. The van der Waals surface area contributed by atoms with Gasteiger partial charge in [0.2, 0.25) is 0 Å². The van der Waals surface area contributed by atoms with E-state index < -0.39 is 0 Å². The van der Waals surface area contributed by atoms with Crippen LogP contribution in [0.3, 0.4) is 0 Å². The molecule has 0 saturated carbocycles. The van der Waals surface area contributed by atoms with Crippen LogP contribution in [0.15, 0.2) is 59.4 Å². The van der Waals surface area contributed by atoms with Crippen molar-refractivity contribution in [3.8, 4) is 5.75 Å². The predicted octanol–water partition coefficient (Wildman–Crippen LogP) is 2.97. The average molecular weight is 291 g/mol. The van der Waals surface area contributed by atoms with Crippen molar-refractivity contribution in [2.45, 2.75) is 12.3 Å². The van der Waals surface area contributed by atoms with Gasteiger partial charge in [0.05, 0.1) is 17.5 Å². The minimum absolute atomic E-state index is 0.179. The summed E-state index contributed by atoms with van der Waals surface area (Å²) in [5.74, 6) is -0.188. The van der Waals surface area contributed by atoms with Gasteiger partial charge in [-0.05, 0) is 17.7 Å². The summed E-state index contributed by atoms with van der Waals surface area (Å²) in [6.45, 7) is 0. The van der Waals surface area contributed by atoms with Crippen LogP contribution in [-0.2, 0) is 4.79 Å². The van der Waals surface area contributed by atoms with Gasteiger partial charge in [0.1, 0.15) is 5.75 Å². The highest BCUT2D eigenvalue weighted by Gasteiger charge is 2.32. The number of ether oxygens (including phenoxy) is 1. The molecule has 0 saturated heterocycles. The largest absolute Gasteiger partial charge is 0.425 e. The molecule has 0 bridgehead atoms. The van der Waals surface area contributed by atoms with E-state index in [0.29, 0.717) is 16.8 Å². The normalized spacial score (nSPS) is 17.1. The maximum Gasteiger partial charge on any atom is 0.312 e. The molecule has 0 amide bonds. The summed E-state index contributed by atoms with van der Waals surface area (Å²) >= 11 is 0. The summed E-state index contributed by atoms with van der Waals surface area (Å²) in [6.07, 6.45) is 0.179. The third-order valence-electron chi connectivity index (χ3n) is 4.05. The molecule has 4 nitrogen and oxygen atoms in total. The van der Waals surface area contributed by atoms with E-state index in [4.69, 9.17) is 4.74 Å². The fraction of sp³-hybridized carbons (Fsp3) is 0.111. The van der Waals surface area contributed by atoms with Gasteiger partial charge in [0, 0.05) is 11.3 Å². The van der Waals surface area contributed by atoms with Crippen molar-refractivity contribution in [3.63, 3.8) is 0 Å². The summed E-state index contributed by atoms with van der Waals surface area (Å²) in [6, 6.07) is 16.9. The highest BCUT2D eigenvalue weighted by molar-refractivity contribution is 5.91. The number of hydrogen-bond donors (Lipinski definition) is 1. The second kappa shape index (κ2) is 4.84. The first kappa shape index (κ1) is 12.8. The first-order chi connectivity index (χ1) is 10.7. The summed E-state index contributed by atoms with van der Waals surface area (Å²) in [5.41, 5.74) is 1.95. The van der Waals surface area contributed by atoms with Gasteiger partial charge in [-0.25, -0.2) is 0 Å². The lowest BCUT2D eigenvalue weighted by atomic mass is 9.86. The molecule has 4 rings (SSSR count). The number of carbonyl (C=O) groups is 1. The van der Waals surface area contributed by atoms with Crippen molar-refractivity contribution in [1.82, 2.24) is 4.98 Å². The second-order valence-corrected chi connectivity index (χ2v) is 5.38. The third kappa shape index (κ3) is 1.92. The molecule has 2 heterocycles. The third-order valence-corrected chi connectivity index (χ3v) is 4.05. The maximum absolute atomic E-state index is 12.5. The van der Waals surface area contributed by atoms with E-state index in [1.54, 1.807) is 6.07 Å². The van der Waals surface area contributed by atoms with Crippen LogP contribution in [0.5, 0.6) is 5.75 Å². The van der Waals surface area contributed by atoms with Crippen molar-refractivity contribution in [1.29, 1.82) is 0 Å². The number of H-pyrrole nitrogens is 1. The Labute approximate surface area is 126 Å². The smallest absolute Gasteiger partial charge is 0.312 e. The fourth-order valence-electron chi connectivity index (χ4n) is 3.05. The molecule has 0 aliphatic carbocycles. The predicted molar refractivity (Wildman–Crippen MR) is 83.1 cm³/mol. The summed E-state index contributed by atoms with van der Waals surface area (Å²) < 4.78 is 5.42. The van der Waals surface area contributed by atoms with Gasteiger partial charge < -0.3 is 9.72 Å². The Kier molecular flexibility index (Phi) is 2.82. The van der Waals surface area contributed by atoms with E-state index in [1.165, 1.54) is 0 Å². The lowest BCUT2D eigenvalue weighted by Crippen LogP contribution is -2.28. The van der Waals surface area contributed by atoms with E-state index in [9.17, 15) is 9.59 Å². The van der Waals surface area contributed by atoms with E-state index in [2.05, 4.69) is 4.98 Å². The Morgan fingerprint density at radius 3 is 2.50 bits per heavy atom. The Morgan fingerprint density at radius 1 is 0.955 bits per heavy atom. The molecule has 1 aliphatic rings. The molecule has 2 aromatic carbocycles. The zero-order valence-corrected chi connectivity index (χ0v) is 11.7. The van der Waals surface area contributed by atoms with Crippen molar-refractivity contribution >= 4 is 16.9 Å². The molecule has 1 aromatic heterocycles. The number of nitrogens with one attached hydrogen (secondary N) is 1. The molecule has 108 valence electrons. The summed E-state index contributed by atoms with van der Waals surface area (Å²) in [5, 5.41) is 0.756. The lowest BCUT2D eigenvalue weighted by molar-refractivity contribution is -0.135. The van der Waals surface area contributed by atoms with Crippen molar-refractivity contribution in [2.75, 3.05) is 0 Å². The summed E-state index contributed by atoms with van der Waals surface area (Å²) in [4.78, 5) is 27.4. The molecule has 1 atom stereocenters. The number of pyridine rings is 1. The summed E-state index contributed by atoms with van der Waals surface area (Å²) in [7, 11) is 0. The molecular formula is C18H13NO3. The van der Waals surface area contributed by atoms with Gasteiger partial charge in [-0.15, -0.1) is 0 Å². The molecular weight excluding hydrogens is 278 g/mol. The molecule has 1 aliphatic heterocycles. The molecule has 0 unspecified atom stereocenters. The fourth-order valence-corrected chi connectivity index (χ4v) is 3.05. The van der Waals surface area contributed by atoms with Crippen LogP contribution in [0.1, 0.15) is 23.5 Å². The van der Waals surface area contributed by atoms with Crippen LogP contribution in [0, 0.1) is 0 Å². The number of rotatable bonds is 1. The van der Waals surface area contributed by atoms with Gasteiger partial charge in [-0.2, -0.15) is 0 Å². The van der Waals surface area contributed by atoms with Crippen LogP contribution >= 0.6 is 0 Å². The van der Waals surface area contributed by atoms with Crippen molar-refractivity contribution < 1.29 is 9.53 Å². The molecule has 4 heteroatoms. The zero-order chi connectivity index (χ0) is 15.1. The van der Waals surface area contributed by atoms with Gasteiger partial charge in [0.25, 0.3) is 5.56 Å². The Hall–Kier alpha value is -2.88. The average Bonchev–Trinajstić information content (AvgIpc) is 2.55. The zero-order valence-electron chi connectivity index (χ0n) is 11.7. The van der Waals surface area contributed by atoms with E-state index in [0.717, 1.165) is 10.9 Å². The number of carbonyl (C=O) groups excluding carboxylic acids is 1. The number of para-hydroxylation sites is 1. The van der Waals surface area contributed by atoms with E-state index in [-0.39, 0.29) is 23.9 Å². The van der Waals surface area contributed by atoms with Crippen molar-refractivity contribution in [2.24, 2.45) is 0 Å². The van der Waals surface area contributed by atoms with Crippen LogP contribution in [0.4, 0.5) is 0 Å². The highest BCUT2D eigenvalue weighted by atomic mass is 16.5. The monoisotopic (exact) mass is 291 g/mol. The lowest BCUT2D eigenvalue weighted by Gasteiger charge is -2.25. The van der Waals surface area contributed by atoms with Crippen LogP contribution in [0.2, 0.25) is 0 Å². The van der Waals surface area contributed by atoms with E-state index >= 15 is 0 Å². The van der Waals surface area contributed by atoms with Crippen LogP contribution in [-0.4, -0.2) is 11.0 Å². The molecule has 0 radical (unpaired) electrons. The quantitative estimate of drug-likeness (QED) is 0.701. The topological polar surface area (TPSA) is 59.2 Å². The Morgan fingerprint density at radius 2 is 1.68 bits per heavy atom. The molecule has 0 spiro atoms. The molecule has 1 N–H and O–H groups in total. The van der Waals surface area contributed by atoms with Crippen molar-refractivity contribution in [3.05, 3.63) is 76.1 Å². The van der Waals surface area contributed by atoms with Gasteiger partial charge in [-0.1, -0.05) is 42.5 Å². The molecule has 0 fully saturated rings. The van der Waals surface area contributed by atoms with Gasteiger partial charge in [0.15, 0.2) is 0 Å². The number of fused-ring (bicyclic) bond motifs is 3. The minimum Gasteiger partial charge on any atom is -0.425 e.